The van der Waals surface area contributed by atoms with Crippen LogP contribution in [0.25, 0.3) is 6.08 Å². The van der Waals surface area contributed by atoms with Crippen molar-refractivity contribution in [3.63, 3.8) is 0 Å². The van der Waals surface area contributed by atoms with E-state index in [1.165, 1.54) is 18.2 Å². The third kappa shape index (κ3) is 4.64. The van der Waals surface area contributed by atoms with E-state index < -0.39 is 15.9 Å². The highest BCUT2D eigenvalue weighted by Gasteiger charge is 2.31. The van der Waals surface area contributed by atoms with Crippen LogP contribution < -0.4 is 4.31 Å². The molecule has 0 spiro atoms. The molecule has 3 rings (SSSR count). The molecule has 3 aromatic rings. The number of amides is 1. The van der Waals surface area contributed by atoms with Crippen molar-refractivity contribution in [3.05, 3.63) is 100 Å². The van der Waals surface area contributed by atoms with Crippen molar-refractivity contribution in [2.75, 3.05) is 4.31 Å². The second-order valence-corrected chi connectivity index (χ2v) is 9.25. The standard InChI is InChI=1S/C24H22ClNO3S/c1-17-10-13-22(14-11-17)30(28,29)26(23-9-4-6-18(2)19(23)3)24(27)15-12-20-7-5-8-21(25)16-20/h4-16H,1-3H3/b15-12+. The Morgan fingerprint density at radius 1 is 0.933 bits per heavy atom. The second-order valence-electron chi connectivity index (χ2n) is 7.03. The van der Waals surface area contributed by atoms with Gasteiger partial charge < -0.3 is 0 Å². The molecule has 0 aromatic heterocycles. The van der Waals surface area contributed by atoms with E-state index in [0.717, 1.165) is 21.0 Å². The number of anilines is 1. The van der Waals surface area contributed by atoms with Crippen LogP contribution in [0.1, 0.15) is 22.3 Å². The van der Waals surface area contributed by atoms with Gasteiger partial charge in [-0.2, -0.15) is 4.31 Å². The van der Waals surface area contributed by atoms with Gasteiger partial charge >= 0.3 is 0 Å². The highest BCUT2D eigenvalue weighted by Crippen LogP contribution is 2.29. The SMILES string of the molecule is Cc1ccc(S(=O)(=O)N(C(=O)/C=C/c2cccc(Cl)c2)c2cccc(C)c2C)cc1. The Morgan fingerprint density at radius 2 is 1.60 bits per heavy atom. The monoisotopic (exact) mass is 439 g/mol. The lowest BCUT2D eigenvalue weighted by Gasteiger charge is -2.24. The first-order valence-electron chi connectivity index (χ1n) is 9.36. The summed E-state index contributed by atoms with van der Waals surface area (Å²) >= 11 is 6.00. The molecule has 6 heteroatoms. The minimum atomic E-state index is -4.12. The van der Waals surface area contributed by atoms with E-state index in [0.29, 0.717) is 16.3 Å². The number of halogens is 1. The maximum Gasteiger partial charge on any atom is 0.271 e. The lowest BCUT2D eigenvalue weighted by Crippen LogP contribution is -2.36. The predicted octanol–water partition coefficient (Wildman–Crippen LogP) is 5.70. The molecule has 0 N–H and O–H groups in total. The summed E-state index contributed by atoms with van der Waals surface area (Å²) in [6.07, 6.45) is 2.80. The number of aryl methyl sites for hydroxylation is 2. The summed E-state index contributed by atoms with van der Waals surface area (Å²) in [5.41, 5.74) is 3.57. The fourth-order valence-electron chi connectivity index (χ4n) is 2.98. The maximum atomic E-state index is 13.5. The molecule has 0 atom stereocenters. The summed E-state index contributed by atoms with van der Waals surface area (Å²) in [4.78, 5) is 13.2. The van der Waals surface area contributed by atoms with Crippen LogP contribution in [0.3, 0.4) is 0 Å². The molecular weight excluding hydrogens is 418 g/mol. The van der Waals surface area contributed by atoms with E-state index in [-0.39, 0.29) is 4.90 Å². The van der Waals surface area contributed by atoms with E-state index in [1.54, 1.807) is 61.5 Å². The minimum absolute atomic E-state index is 0.0542. The van der Waals surface area contributed by atoms with Gasteiger partial charge in [0.1, 0.15) is 0 Å². The molecule has 0 fully saturated rings. The van der Waals surface area contributed by atoms with Gasteiger partial charge in [0.05, 0.1) is 10.6 Å². The number of rotatable bonds is 5. The van der Waals surface area contributed by atoms with Crippen LogP contribution in [0.4, 0.5) is 5.69 Å². The van der Waals surface area contributed by atoms with Gasteiger partial charge in [-0.15, -0.1) is 0 Å². The van der Waals surface area contributed by atoms with Crippen LogP contribution in [0, 0.1) is 20.8 Å². The zero-order valence-corrected chi connectivity index (χ0v) is 18.5. The molecule has 0 saturated heterocycles. The Balaban J connectivity index is 2.11. The van der Waals surface area contributed by atoms with Crippen LogP contribution >= 0.6 is 11.6 Å². The van der Waals surface area contributed by atoms with E-state index in [2.05, 4.69) is 0 Å². The van der Waals surface area contributed by atoms with Gasteiger partial charge in [-0.25, -0.2) is 8.42 Å². The number of carbonyl (C=O) groups is 1. The first kappa shape index (κ1) is 21.8. The van der Waals surface area contributed by atoms with Crippen molar-refractivity contribution in [1.82, 2.24) is 0 Å². The fraction of sp³-hybridized carbons (Fsp3) is 0.125. The zero-order chi connectivity index (χ0) is 21.9. The fourth-order valence-corrected chi connectivity index (χ4v) is 4.63. The Bertz CT molecular complexity index is 1220. The number of sulfonamides is 1. The molecule has 3 aromatic carbocycles. The molecule has 0 saturated carbocycles. The smallest absolute Gasteiger partial charge is 0.268 e. The highest BCUT2D eigenvalue weighted by atomic mass is 35.5. The van der Waals surface area contributed by atoms with Gasteiger partial charge in [0, 0.05) is 11.1 Å². The summed E-state index contributed by atoms with van der Waals surface area (Å²) < 4.78 is 27.8. The number of hydrogen-bond acceptors (Lipinski definition) is 3. The minimum Gasteiger partial charge on any atom is -0.268 e. The van der Waals surface area contributed by atoms with E-state index >= 15 is 0 Å². The molecule has 0 bridgehead atoms. The molecule has 30 heavy (non-hydrogen) atoms. The lowest BCUT2D eigenvalue weighted by atomic mass is 10.1. The summed E-state index contributed by atoms with van der Waals surface area (Å²) in [7, 11) is -4.12. The van der Waals surface area contributed by atoms with Crippen molar-refractivity contribution < 1.29 is 13.2 Å². The lowest BCUT2D eigenvalue weighted by molar-refractivity contribution is -0.113. The van der Waals surface area contributed by atoms with Gasteiger partial charge in [-0.1, -0.05) is 53.6 Å². The molecule has 4 nitrogen and oxygen atoms in total. The molecule has 0 aliphatic carbocycles. The van der Waals surface area contributed by atoms with Gasteiger partial charge in [-0.05, 0) is 73.9 Å². The number of nitrogens with zero attached hydrogens (tertiary/aromatic N) is 1. The summed E-state index contributed by atoms with van der Waals surface area (Å²) in [5, 5.41) is 0.531. The van der Waals surface area contributed by atoms with E-state index in [4.69, 9.17) is 11.6 Å². The third-order valence-corrected chi connectivity index (χ3v) is 6.78. The molecule has 154 valence electrons. The average molecular weight is 440 g/mol. The molecule has 0 radical (unpaired) electrons. The van der Waals surface area contributed by atoms with Crippen molar-refractivity contribution in [2.24, 2.45) is 0 Å². The Hall–Kier alpha value is -2.89. The van der Waals surface area contributed by atoms with Crippen LogP contribution in [-0.4, -0.2) is 14.3 Å². The Labute approximate surface area is 182 Å². The average Bonchev–Trinajstić information content (AvgIpc) is 2.70. The van der Waals surface area contributed by atoms with Crippen LogP contribution in [0.2, 0.25) is 5.02 Å². The first-order valence-corrected chi connectivity index (χ1v) is 11.2. The van der Waals surface area contributed by atoms with E-state index in [9.17, 15) is 13.2 Å². The number of carbonyl (C=O) groups excluding carboxylic acids is 1. The van der Waals surface area contributed by atoms with Gasteiger partial charge in [0.25, 0.3) is 15.9 Å². The molecule has 0 aliphatic rings. The molecule has 1 amide bonds. The van der Waals surface area contributed by atoms with Crippen molar-refractivity contribution in [2.45, 2.75) is 25.7 Å². The molecule has 0 unspecified atom stereocenters. The van der Waals surface area contributed by atoms with Crippen LogP contribution in [0.15, 0.2) is 77.7 Å². The van der Waals surface area contributed by atoms with Crippen molar-refractivity contribution >= 4 is 39.3 Å². The second kappa shape index (κ2) is 8.86. The Kier molecular flexibility index (Phi) is 6.44. The van der Waals surface area contributed by atoms with Crippen LogP contribution in [0.5, 0.6) is 0 Å². The molecular formula is C24H22ClNO3S. The summed E-state index contributed by atoms with van der Waals surface area (Å²) in [5.74, 6) is -0.663. The largest absolute Gasteiger partial charge is 0.271 e. The van der Waals surface area contributed by atoms with Crippen molar-refractivity contribution in [1.29, 1.82) is 0 Å². The van der Waals surface area contributed by atoms with Gasteiger partial charge in [0.15, 0.2) is 0 Å². The Morgan fingerprint density at radius 3 is 2.27 bits per heavy atom. The summed E-state index contributed by atoms with van der Waals surface area (Å²) in [6.45, 7) is 5.55. The zero-order valence-electron chi connectivity index (χ0n) is 17.0. The van der Waals surface area contributed by atoms with Crippen molar-refractivity contribution in [3.8, 4) is 0 Å². The quantitative estimate of drug-likeness (QED) is 0.479. The van der Waals surface area contributed by atoms with E-state index in [1.807, 2.05) is 19.9 Å². The third-order valence-electron chi connectivity index (χ3n) is 4.82. The number of benzene rings is 3. The molecule has 0 aliphatic heterocycles. The highest BCUT2D eigenvalue weighted by molar-refractivity contribution is 7.93. The van der Waals surface area contributed by atoms with Gasteiger partial charge in [-0.3, -0.25) is 4.79 Å². The first-order chi connectivity index (χ1) is 14.2. The normalized spacial score (nSPS) is 11.6. The van der Waals surface area contributed by atoms with Gasteiger partial charge in [0.2, 0.25) is 0 Å². The predicted molar refractivity (Wildman–Crippen MR) is 122 cm³/mol. The van der Waals surface area contributed by atoms with Crippen LogP contribution in [-0.2, 0) is 14.8 Å². The number of hydrogen-bond donors (Lipinski definition) is 0. The topological polar surface area (TPSA) is 54.5 Å². The summed E-state index contributed by atoms with van der Waals surface area (Å²) in [6, 6.07) is 18.7. The molecule has 0 heterocycles. The maximum absolute atomic E-state index is 13.5.